The van der Waals surface area contributed by atoms with Gasteiger partial charge in [-0.1, -0.05) is 19.1 Å². The number of ether oxygens (including phenoxy) is 2. The molecule has 0 saturated heterocycles. The lowest BCUT2D eigenvalue weighted by Crippen LogP contribution is -2.46. The molecule has 1 aromatic rings. The molecule has 0 aliphatic carbocycles. The molecule has 0 fully saturated rings. The van der Waals surface area contributed by atoms with E-state index in [4.69, 9.17) is 9.47 Å². The molecule has 0 spiro atoms. The van der Waals surface area contributed by atoms with Crippen LogP contribution in [0.25, 0.3) is 0 Å². The second kappa shape index (κ2) is 8.95. The molecule has 1 aromatic carbocycles. The summed E-state index contributed by atoms with van der Waals surface area (Å²) in [6.45, 7) is 3.49. The Kier molecular flexibility index (Phi) is 7.59. The molecule has 0 amide bonds. The number of benzene rings is 1. The zero-order valence-electron chi connectivity index (χ0n) is 12.8. The number of rotatable bonds is 10. The van der Waals surface area contributed by atoms with Crippen LogP contribution in [-0.2, 0) is 11.3 Å². The van der Waals surface area contributed by atoms with Crippen LogP contribution in [0.2, 0.25) is 0 Å². The summed E-state index contributed by atoms with van der Waals surface area (Å²) >= 11 is 0. The standard InChI is InChI=1S/C16H27NO3/c1-4-16(13-18,17-2)9-6-10-20-15-8-5-7-14(11-15)12-19-3/h5,7-8,11,17-18H,4,6,9-10,12-13H2,1-3H3. The van der Waals surface area contributed by atoms with Crippen LogP contribution in [-0.4, -0.2) is 38.0 Å². The smallest absolute Gasteiger partial charge is 0.119 e. The van der Waals surface area contributed by atoms with E-state index in [1.165, 1.54) is 0 Å². The van der Waals surface area contributed by atoms with Crippen molar-refractivity contribution in [3.63, 3.8) is 0 Å². The van der Waals surface area contributed by atoms with Gasteiger partial charge in [0, 0.05) is 12.6 Å². The topological polar surface area (TPSA) is 50.7 Å². The van der Waals surface area contributed by atoms with Crippen molar-refractivity contribution in [1.82, 2.24) is 5.32 Å². The lowest BCUT2D eigenvalue weighted by molar-refractivity contribution is 0.145. The lowest BCUT2D eigenvalue weighted by atomic mass is 9.92. The van der Waals surface area contributed by atoms with E-state index in [2.05, 4.69) is 12.2 Å². The molecule has 0 saturated carbocycles. The fourth-order valence-corrected chi connectivity index (χ4v) is 2.24. The molecule has 2 N–H and O–H groups in total. The van der Waals surface area contributed by atoms with Gasteiger partial charge in [0.05, 0.1) is 19.8 Å². The van der Waals surface area contributed by atoms with E-state index < -0.39 is 0 Å². The number of methoxy groups -OCH3 is 1. The van der Waals surface area contributed by atoms with E-state index in [-0.39, 0.29) is 12.1 Å². The highest BCUT2D eigenvalue weighted by molar-refractivity contribution is 5.28. The molecule has 4 nitrogen and oxygen atoms in total. The third-order valence-corrected chi connectivity index (χ3v) is 3.79. The van der Waals surface area contributed by atoms with Crippen molar-refractivity contribution in [1.29, 1.82) is 0 Å². The molecule has 0 heterocycles. The Hall–Kier alpha value is -1.10. The molecule has 1 unspecified atom stereocenters. The van der Waals surface area contributed by atoms with Crippen LogP contribution in [0.5, 0.6) is 5.75 Å². The first kappa shape index (κ1) is 17.0. The monoisotopic (exact) mass is 281 g/mol. The molecule has 1 atom stereocenters. The second-order valence-electron chi connectivity index (χ2n) is 5.07. The number of nitrogens with one attached hydrogen (secondary N) is 1. The first-order valence-electron chi connectivity index (χ1n) is 7.20. The largest absolute Gasteiger partial charge is 0.494 e. The zero-order valence-corrected chi connectivity index (χ0v) is 12.8. The Bertz CT molecular complexity index is 369. The minimum atomic E-state index is -0.179. The summed E-state index contributed by atoms with van der Waals surface area (Å²) in [4.78, 5) is 0. The molecule has 4 heteroatoms. The van der Waals surface area contributed by atoms with E-state index >= 15 is 0 Å². The van der Waals surface area contributed by atoms with E-state index in [0.29, 0.717) is 13.2 Å². The molecule has 0 aliphatic rings. The van der Waals surface area contributed by atoms with Crippen LogP contribution in [0.15, 0.2) is 24.3 Å². The van der Waals surface area contributed by atoms with Crippen LogP contribution in [0.1, 0.15) is 31.7 Å². The van der Waals surface area contributed by atoms with Crippen LogP contribution < -0.4 is 10.1 Å². The van der Waals surface area contributed by atoms with Crippen molar-refractivity contribution in [2.75, 3.05) is 27.4 Å². The first-order chi connectivity index (χ1) is 9.69. The van der Waals surface area contributed by atoms with Gasteiger partial charge in [-0.15, -0.1) is 0 Å². The Morgan fingerprint density at radius 3 is 2.75 bits per heavy atom. The molecular formula is C16H27NO3. The summed E-state index contributed by atoms with van der Waals surface area (Å²) < 4.78 is 10.9. The van der Waals surface area contributed by atoms with E-state index in [9.17, 15) is 5.11 Å². The van der Waals surface area contributed by atoms with Crippen molar-refractivity contribution in [3.05, 3.63) is 29.8 Å². The van der Waals surface area contributed by atoms with Crippen LogP contribution in [0.4, 0.5) is 0 Å². The molecule has 0 aromatic heterocycles. The molecule has 20 heavy (non-hydrogen) atoms. The van der Waals surface area contributed by atoms with Gasteiger partial charge in [-0.3, -0.25) is 0 Å². The molecular weight excluding hydrogens is 254 g/mol. The Morgan fingerprint density at radius 2 is 2.15 bits per heavy atom. The zero-order chi connectivity index (χ0) is 14.8. The number of hydrogen-bond acceptors (Lipinski definition) is 4. The number of aliphatic hydroxyl groups excluding tert-OH is 1. The van der Waals surface area contributed by atoms with Gasteiger partial charge in [-0.05, 0) is 44.0 Å². The van der Waals surface area contributed by atoms with Gasteiger partial charge < -0.3 is 19.9 Å². The Labute approximate surface area is 122 Å². The van der Waals surface area contributed by atoms with Gasteiger partial charge in [-0.2, -0.15) is 0 Å². The van der Waals surface area contributed by atoms with Gasteiger partial charge in [0.15, 0.2) is 0 Å². The van der Waals surface area contributed by atoms with Crippen molar-refractivity contribution in [3.8, 4) is 5.75 Å². The van der Waals surface area contributed by atoms with Crippen molar-refractivity contribution >= 4 is 0 Å². The summed E-state index contributed by atoms with van der Waals surface area (Å²) in [5, 5.41) is 12.7. The number of aliphatic hydroxyl groups is 1. The maximum Gasteiger partial charge on any atom is 0.119 e. The predicted octanol–water partition coefficient (Wildman–Crippen LogP) is 2.35. The first-order valence-corrected chi connectivity index (χ1v) is 7.20. The van der Waals surface area contributed by atoms with E-state index in [1.54, 1.807) is 7.11 Å². The van der Waals surface area contributed by atoms with E-state index in [1.807, 2.05) is 31.3 Å². The minimum absolute atomic E-state index is 0.156. The van der Waals surface area contributed by atoms with Gasteiger partial charge in [-0.25, -0.2) is 0 Å². The third kappa shape index (κ3) is 5.12. The maximum absolute atomic E-state index is 9.47. The highest BCUT2D eigenvalue weighted by atomic mass is 16.5. The summed E-state index contributed by atoms with van der Waals surface area (Å²) in [7, 11) is 3.58. The van der Waals surface area contributed by atoms with Crippen molar-refractivity contribution in [2.45, 2.75) is 38.3 Å². The fourth-order valence-electron chi connectivity index (χ4n) is 2.24. The Balaban J connectivity index is 2.39. The summed E-state index contributed by atoms with van der Waals surface area (Å²) in [6.07, 6.45) is 2.71. The van der Waals surface area contributed by atoms with Crippen molar-refractivity contribution < 1.29 is 14.6 Å². The van der Waals surface area contributed by atoms with Crippen molar-refractivity contribution in [2.24, 2.45) is 0 Å². The van der Waals surface area contributed by atoms with Gasteiger partial charge in [0.25, 0.3) is 0 Å². The molecule has 114 valence electrons. The average molecular weight is 281 g/mol. The highest BCUT2D eigenvalue weighted by Gasteiger charge is 2.24. The highest BCUT2D eigenvalue weighted by Crippen LogP contribution is 2.18. The molecule has 0 radical (unpaired) electrons. The van der Waals surface area contributed by atoms with Gasteiger partial charge >= 0.3 is 0 Å². The average Bonchev–Trinajstić information content (AvgIpc) is 2.49. The van der Waals surface area contributed by atoms with Gasteiger partial charge in [0.2, 0.25) is 0 Å². The van der Waals surface area contributed by atoms with E-state index in [0.717, 1.165) is 30.6 Å². The number of hydrogen-bond donors (Lipinski definition) is 2. The van der Waals surface area contributed by atoms with Crippen LogP contribution >= 0.6 is 0 Å². The predicted molar refractivity (Wildman–Crippen MR) is 81.1 cm³/mol. The van der Waals surface area contributed by atoms with Crippen LogP contribution in [0, 0.1) is 0 Å². The quantitative estimate of drug-likeness (QED) is 0.646. The van der Waals surface area contributed by atoms with Crippen LogP contribution in [0.3, 0.4) is 0 Å². The molecule has 0 bridgehead atoms. The lowest BCUT2D eigenvalue weighted by Gasteiger charge is -2.30. The minimum Gasteiger partial charge on any atom is -0.494 e. The molecule has 0 aliphatic heterocycles. The second-order valence-corrected chi connectivity index (χ2v) is 5.07. The summed E-state index contributed by atoms with van der Waals surface area (Å²) in [6, 6.07) is 7.95. The fraction of sp³-hybridized carbons (Fsp3) is 0.625. The summed E-state index contributed by atoms with van der Waals surface area (Å²) in [5.41, 5.74) is 0.930. The normalized spacial score (nSPS) is 14.0. The Morgan fingerprint density at radius 1 is 1.35 bits per heavy atom. The maximum atomic E-state index is 9.47. The molecule has 1 rings (SSSR count). The summed E-state index contributed by atoms with van der Waals surface area (Å²) in [5.74, 6) is 0.870. The SMILES string of the molecule is CCC(CO)(CCCOc1cccc(COC)c1)NC. The van der Waals surface area contributed by atoms with Gasteiger partial charge in [0.1, 0.15) is 5.75 Å². The third-order valence-electron chi connectivity index (χ3n) is 3.79. The number of likely N-dealkylation sites (N-methyl/N-ethyl adjacent to an activating group) is 1.